The van der Waals surface area contributed by atoms with Crippen LogP contribution in [0.15, 0.2) is 0 Å². The fourth-order valence-electron chi connectivity index (χ4n) is 1.89. The highest BCUT2D eigenvalue weighted by atomic mass is 16.5. The summed E-state index contributed by atoms with van der Waals surface area (Å²) in [7, 11) is 2.20. The third-order valence-electron chi connectivity index (χ3n) is 3.68. The second-order valence-electron chi connectivity index (χ2n) is 6.23. The van der Waals surface area contributed by atoms with Crippen molar-refractivity contribution in [2.75, 3.05) is 39.9 Å². The fraction of sp³-hybridized carbons (Fsp3) is 1.00. The van der Waals surface area contributed by atoms with E-state index in [1.54, 1.807) is 0 Å². The van der Waals surface area contributed by atoms with E-state index in [1.165, 1.54) is 19.3 Å². The first-order chi connectivity index (χ1) is 8.59. The highest BCUT2D eigenvalue weighted by molar-refractivity contribution is 4.72. The van der Waals surface area contributed by atoms with Crippen molar-refractivity contribution in [1.29, 1.82) is 0 Å². The van der Waals surface area contributed by atoms with Gasteiger partial charge < -0.3 is 15.0 Å². The van der Waals surface area contributed by atoms with E-state index in [9.17, 15) is 0 Å². The van der Waals surface area contributed by atoms with Gasteiger partial charge in [-0.1, -0.05) is 13.8 Å². The summed E-state index contributed by atoms with van der Waals surface area (Å²) in [6, 6.07) is 0.634. The van der Waals surface area contributed by atoms with Crippen molar-refractivity contribution in [3.63, 3.8) is 0 Å². The highest BCUT2D eigenvalue weighted by Gasteiger charge is 2.21. The molecule has 1 aliphatic carbocycles. The molecule has 1 rings (SSSR count). The molecule has 1 saturated carbocycles. The molecule has 18 heavy (non-hydrogen) atoms. The van der Waals surface area contributed by atoms with E-state index in [-0.39, 0.29) is 0 Å². The quantitative estimate of drug-likeness (QED) is 0.574. The molecular weight excluding hydrogens is 224 g/mol. The fourth-order valence-corrected chi connectivity index (χ4v) is 1.89. The lowest BCUT2D eigenvalue weighted by atomic mass is 10.2. The number of ether oxygens (including phenoxy) is 1. The van der Waals surface area contributed by atoms with Gasteiger partial charge in [0.25, 0.3) is 0 Å². The Kier molecular flexibility index (Phi) is 7.87. The highest BCUT2D eigenvalue weighted by Crippen LogP contribution is 2.28. The Bertz CT molecular complexity index is 191. The summed E-state index contributed by atoms with van der Waals surface area (Å²) in [4.78, 5) is 2.41. The van der Waals surface area contributed by atoms with E-state index in [2.05, 4.69) is 38.0 Å². The molecule has 1 atom stereocenters. The summed E-state index contributed by atoms with van der Waals surface area (Å²) in [6.07, 6.45) is 3.98. The van der Waals surface area contributed by atoms with Crippen molar-refractivity contribution in [1.82, 2.24) is 10.2 Å². The molecule has 0 radical (unpaired) electrons. The van der Waals surface area contributed by atoms with Crippen molar-refractivity contribution in [3.8, 4) is 0 Å². The molecule has 0 spiro atoms. The maximum atomic E-state index is 5.68. The maximum absolute atomic E-state index is 5.68. The molecule has 0 aliphatic heterocycles. The van der Waals surface area contributed by atoms with Crippen LogP contribution in [0.4, 0.5) is 0 Å². The van der Waals surface area contributed by atoms with Gasteiger partial charge in [0.15, 0.2) is 0 Å². The molecule has 0 aromatic rings. The van der Waals surface area contributed by atoms with Gasteiger partial charge in [0, 0.05) is 19.2 Å². The minimum absolute atomic E-state index is 0.634. The number of likely N-dealkylation sites (N-methyl/N-ethyl adjacent to an activating group) is 1. The average Bonchev–Trinajstić information content (AvgIpc) is 3.13. The predicted molar refractivity (Wildman–Crippen MR) is 78.0 cm³/mol. The SMILES string of the molecule is CC(C)CNCCC(C)N(C)CCOCC1CC1. The van der Waals surface area contributed by atoms with Gasteiger partial charge in [0.05, 0.1) is 6.61 Å². The zero-order chi connectivity index (χ0) is 13.4. The van der Waals surface area contributed by atoms with Crippen molar-refractivity contribution < 1.29 is 4.74 Å². The van der Waals surface area contributed by atoms with Crippen LogP contribution in [0.25, 0.3) is 0 Å². The normalized spacial score (nSPS) is 17.7. The lowest BCUT2D eigenvalue weighted by Gasteiger charge is -2.24. The first-order valence-corrected chi connectivity index (χ1v) is 7.58. The van der Waals surface area contributed by atoms with Gasteiger partial charge in [0.1, 0.15) is 0 Å². The Morgan fingerprint density at radius 2 is 2.00 bits per heavy atom. The van der Waals surface area contributed by atoms with Crippen LogP contribution in [0, 0.1) is 11.8 Å². The lowest BCUT2D eigenvalue weighted by molar-refractivity contribution is 0.0924. The van der Waals surface area contributed by atoms with Crippen LogP contribution in [0.5, 0.6) is 0 Å². The topological polar surface area (TPSA) is 24.5 Å². The van der Waals surface area contributed by atoms with Crippen LogP contribution in [-0.2, 0) is 4.74 Å². The zero-order valence-electron chi connectivity index (χ0n) is 12.7. The molecule has 1 fully saturated rings. The first-order valence-electron chi connectivity index (χ1n) is 7.58. The molecule has 1 aliphatic rings. The number of hydrogen-bond acceptors (Lipinski definition) is 3. The van der Waals surface area contributed by atoms with Crippen molar-refractivity contribution in [2.45, 2.75) is 46.1 Å². The lowest BCUT2D eigenvalue weighted by Crippen LogP contribution is -2.35. The van der Waals surface area contributed by atoms with Crippen LogP contribution < -0.4 is 5.32 Å². The van der Waals surface area contributed by atoms with Gasteiger partial charge in [-0.05, 0) is 58.2 Å². The van der Waals surface area contributed by atoms with Gasteiger partial charge in [0.2, 0.25) is 0 Å². The minimum atomic E-state index is 0.634. The molecule has 3 nitrogen and oxygen atoms in total. The standard InChI is InChI=1S/C15H32N2O/c1-13(2)11-16-8-7-14(3)17(4)9-10-18-12-15-5-6-15/h13-16H,5-12H2,1-4H3. The molecule has 3 heteroatoms. The van der Waals surface area contributed by atoms with Crippen molar-refractivity contribution >= 4 is 0 Å². The van der Waals surface area contributed by atoms with Gasteiger partial charge in [-0.15, -0.1) is 0 Å². The van der Waals surface area contributed by atoms with E-state index in [4.69, 9.17) is 4.74 Å². The second-order valence-corrected chi connectivity index (χ2v) is 6.23. The van der Waals surface area contributed by atoms with E-state index in [0.29, 0.717) is 6.04 Å². The summed E-state index contributed by atoms with van der Waals surface area (Å²) < 4.78 is 5.68. The van der Waals surface area contributed by atoms with Crippen molar-refractivity contribution in [2.24, 2.45) is 11.8 Å². The van der Waals surface area contributed by atoms with Crippen LogP contribution in [-0.4, -0.2) is 50.8 Å². The van der Waals surface area contributed by atoms with Gasteiger partial charge in [-0.3, -0.25) is 0 Å². The molecule has 0 aromatic heterocycles. The van der Waals surface area contributed by atoms with Crippen molar-refractivity contribution in [3.05, 3.63) is 0 Å². The molecule has 1 N–H and O–H groups in total. The first kappa shape index (κ1) is 15.9. The van der Waals surface area contributed by atoms with Crippen LogP contribution in [0.1, 0.15) is 40.0 Å². The minimum Gasteiger partial charge on any atom is -0.380 e. The predicted octanol–water partition coefficient (Wildman–Crippen LogP) is 2.37. The molecule has 1 unspecified atom stereocenters. The molecule has 0 saturated heterocycles. The third-order valence-corrected chi connectivity index (χ3v) is 3.68. The molecule has 0 heterocycles. The Morgan fingerprint density at radius 1 is 1.28 bits per heavy atom. The Balaban J connectivity index is 1.92. The maximum Gasteiger partial charge on any atom is 0.0593 e. The smallest absolute Gasteiger partial charge is 0.0593 e. The number of hydrogen-bond donors (Lipinski definition) is 1. The molecule has 0 bridgehead atoms. The molecule has 108 valence electrons. The molecule has 0 amide bonds. The van der Waals surface area contributed by atoms with E-state index in [1.807, 2.05) is 0 Å². The zero-order valence-corrected chi connectivity index (χ0v) is 12.7. The summed E-state index contributed by atoms with van der Waals surface area (Å²) in [5.41, 5.74) is 0. The van der Waals surface area contributed by atoms with E-state index >= 15 is 0 Å². The Hall–Kier alpha value is -0.120. The average molecular weight is 256 g/mol. The van der Waals surface area contributed by atoms with Gasteiger partial charge >= 0.3 is 0 Å². The van der Waals surface area contributed by atoms with Crippen LogP contribution in [0.3, 0.4) is 0 Å². The van der Waals surface area contributed by atoms with Crippen LogP contribution in [0.2, 0.25) is 0 Å². The van der Waals surface area contributed by atoms with E-state index < -0.39 is 0 Å². The third kappa shape index (κ3) is 8.06. The summed E-state index contributed by atoms with van der Waals surface area (Å²) in [5, 5.41) is 3.50. The van der Waals surface area contributed by atoms with Gasteiger partial charge in [-0.2, -0.15) is 0 Å². The Labute approximate surface area is 113 Å². The number of nitrogens with zero attached hydrogens (tertiary/aromatic N) is 1. The van der Waals surface area contributed by atoms with E-state index in [0.717, 1.165) is 44.7 Å². The summed E-state index contributed by atoms with van der Waals surface area (Å²) in [6.45, 7) is 12.0. The Morgan fingerprint density at radius 3 is 2.61 bits per heavy atom. The molecular formula is C15H32N2O. The summed E-state index contributed by atoms with van der Waals surface area (Å²) >= 11 is 0. The van der Waals surface area contributed by atoms with Crippen LogP contribution >= 0.6 is 0 Å². The number of rotatable bonds is 11. The number of nitrogens with one attached hydrogen (secondary N) is 1. The molecule has 0 aromatic carbocycles. The second kappa shape index (κ2) is 8.89. The van der Waals surface area contributed by atoms with Gasteiger partial charge in [-0.25, -0.2) is 0 Å². The largest absolute Gasteiger partial charge is 0.380 e. The monoisotopic (exact) mass is 256 g/mol. The summed E-state index contributed by atoms with van der Waals surface area (Å²) in [5.74, 6) is 1.63.